The Hall–Kier alpha value is -2.81. The maximum Gasteiger partial charge on any atom is 0.259 e. The average molecular weight is 467 g/mol. The summed E-state index contributed by atoms with van der Waals surface area (Å²) in [4.78, 5) is 48.6. The van der Waals surface area contributed by atoms with Crippen molar-refractivity contribution in [2.45, 2.75) is 58.8 Å². The summed E-state index contributed by atoms with van der Waals surface area (Å²) in [6.45, 7) is 9.03. The number of piperazine rings is 1. The summed E-state index contributed by atoms with van der Waals surface area (Å²) >= 11 is 1.64. The van der Waals surface area contributed by atoms with Crippen molar-refractivity contribution in [2.75, 3.05) is 31.1 Å². The van der Waals surface area contributed by atoms with Crippen LogP contribution in [0.2, 0.25) is 0 Å². The third-order valence-electron chi connectivity index (χ3n) is 6.53. The lowest BCUT2D eigenvalue weighted by Gasteiger charge is -2.35. The topological polar surface area (TPSA) is 95.1 Å². The van der Waals surface area contributed by atoms with E-state index < -0.39 is 0 Å². The van der Waals surface area contributed by atoms with Gasteiger partial charge in [0.05, 0.1) is 5.39 Å². The lowest BCUT2D eigenvalue weighted by Crippen LogP contribution is -2.49. The second-order valence-corrected chi connectivity index (χ2v) is 10.4. The molecule has 5 rings (SSSR count). The molecule has 0 aromatic carbocycles. The van der Waals surface area contributed by atoms with Gasteiger partial charge in [-0.25, -0.2) is 15.0 Å². The SMILES string of the molecule is Cc1cc(N2CCN(C(=O)CCc3nc4sc5c(c4c(=O)[nH]3)CCC5)CC2)nc(C(C)C)n1. The fourth-order valence-electron chi connectivity index (χ4n) is 4.73. The third kappa shape index (κ3) is 4.38. The van der Waals surface area contributed by atoms with Crippen LogP contribution in [-0.2, 0) is 24.1 Å². The maximum atomic E-state index is 12.8. The molecule has 174 valence electrons. The lowest BCUT2D eigenvalue weighted by molar-refractivity contribution is -0.131. The van der Waals surface area contributed by atoms with Crippen LogP contribution in [0.3, 0.4) is 0 Å². The molecule has 1 aliphatic heterocycles. The number of amides is 1. The third-order valence-corrected chi connectivity index (χ3v) is 7.72. The zero-order chi connectivity index (χ0) is 23.1. The Labute approximate surface area is 197 Å². The number of carbonyl (C=O) groups excluding carboxylic acids is 1. The molecule has 3 aromatic rings. The van der Waals surface area contributed by atoms with Gasteiger partial charge in [0, 0.05) is 61.6 Å². The van der Waals surface area contributed by atoms with Gasteiger partial charge in [-0.1, -0.05) is 13.8 Å². The molecule has 33 heavy (non-hydrogen) atoms. The Morgan fingerprint density at radius 3 is 2.70 bits per heavy atom. The predicted molar refractivity (Wildman–Crippen MR) is 130 cm³/mol. The molecule has 2 aliphatic rings. The number of aromatic amines is 1. The molecule has 1 fully saturated rings. The van der Waals surface area contributed by atoms with E-state index in [0.717, 1.165) is 59.9 Å². The van der Waals surface area contributed by atoms with E-state index >= 15 is 0 Å². The van der Waals surface area contributed by atoms with Gasteiger partial charge in [-0.15, -0.1) is 11.3 Å². The molecular formula is C24H30N6O2S. The molecule has 0 saturated carbocycles. The lowest BCUT2D eigenvalue weighted by atomic mass is 10.2. The van der Waals surface area contributed by atoms with Gasteiger partial charge in [0.25, 0.3) is 5.56 Å². The molecule has 3 aromatic heterocycles. The second kappa shape index (κ2) is 8.85. The minimum absolute atomic E-state index is 0.0589. The molecule has 4 heterocycles. The molecule has 0 atom stereocenters. The molecule has 9 heteroatoms. The smallest absolute Gasteiger partial charge is 0.259 e. The normalized spacial score (nSPS) is 16.1. The fraction of sp³-hybridized carbons (Fsp3) is 0.542. The van der Waals surface area contributed by atoms with Crippen molar-refractivity contribution >= 4 is 33.3 Å². The van der Waals surface area contributed by atoms with Crippen molar-refractivity contribution < 1.29 is 4.79 Å². The quantitative estimate of drug-likeness (QED) is 0.621. The number of hydrogen-bond donors (Lipinski definition) is 1. The van der Waals surface area contributed by atoms with Gasteiger partial charge in [0.2, 0.25) is 5.91 Å². The Kier molecular flexibility index (Phi) is 5.90. The molecular weight excluding hydrogens is 436 g/mol. The number of anilines is 1. The monoisotopic (exact) mass is 466 g/mol. The zero-order valence-corrected chi connectivity index (χ0v) is 20.3. The van der Waals surface area contributed by atoms with Crippen LogP contribution in [0.4, 0.5) is 5.82 Å². The Morgan fingerprint density at radius 1 is 1.15 bits per heavy atom. The van der Waals surface area contributed by atoms with Gasteiger partial charge in [-0.05, 0) is 31.7 Å². The Bertz CT molecular complexity index is 1260. The van der Waals surface area contributed by atoms with Gasteiger partial charge in [0.15, 0.2) is 0 Å². The first-order chi connectivity index (χ1) is 15.9. The summed E-state index contributed by atoms with van der Waals surface area (Å²) in [5, 5.41) is 0.763. The first-order valence-corrected chi connectivity index (χ1v) is 12.6. The Morgan fingerprint density at radius 2 is 1.94 bits per heavy atom. The molecule has 0 radical (unpaired) electrons. The van der Waals surface area contributed by atoms with E-state index in [-0.39, 0.29) is 17.4 Å². The van der Waals surface area contributed by atoms with E-state index in [2.05, 4.69) is 33.7 Å². The van der Waals surface area contributed by atoms with Crippen molar-refractivity contribution in [3.63, 3.8) is 0 Å². The minimum atomic E-state index is -0.0589. The van der Waals surface area contributed by atoms with E-state index in [1.54, 1.807) is 11.3 Å². The highest BCUT2D eigenvalue weighted by Crippen LogP contribution is 2.34. The number of hydrogen-bond acceptors (Lipinski definition) is 7. The molecule has 0 bridgehead atoms. The van der Waals surface area contributed by atoms with Crippen LogP contribution in [-0.4, -0.2) is 56.9 Å². The highest BCUT2D eigenvalue weighted by atomic mass is 32.1. The summed E-state index contributed by atoms with van der Waals surface area (Å²) in [6.07, 6.45) is 3.94. The number of carbonyl (C=O) groups is 1. The summed E-state index contributed by atoms with van der Waals surface area (Å²) in [5.41, 5.74) is 2.09. The first kappa shape index (κ1) is 22.0. The van der Waals surface area contributed by atoms with Crippen molar-refractivity contribution in [1.82, 2.24) is 24.8 Å². The molecule has 1 amide bonds. The summed E-state index contributed by atoms with van der Waals surface area (Å²) in [5.74, 6) is 2.79. The highest BCUT2D eigenvalue weighted by molar-refractivity contribution is 7.18. The van der Waals surface area contributed by atoms with E-state index in [0.29, 0.717) is 31.8 Å². The summed E-state index contributed by atoms with van der Waals surface area (Å²) in [7, 11) is 0. The van der Waals surface area contributed by atoms with Crippen molar-refractivity contribution in [1.29, 1.82) is 0 Å². The van der Waals surface area contributed by atoms with Crippen LogP contribution < -0.4 is 10.5 Å². The van der Waals surface area contributed by atoms with Crippen LogP contribution in [0.5, 0.6) is 0 Å². The van der Waals surface area contributed by atoms with Crippen LogP contribution >= 0.6 is 11.3 Å². The first-order valence-electron chi connectivity index (χ1n) is 11.8. The number of nitrogens with zero attached hydrogens (tertiary/aromatic N) is 5. The highest BCUT2D eigenvalue weighted by Gasteiger charge is 2.24. The zero-order valence-electron chi connectivity index (χ0n) is 19.5. The van der Waals surface area contributed by atoms with Gasteiger partial charge in [-0.2, -0.15) is 0 Å². The van der Waals surface area contributed by atoms with Crippen LogP contribution in [0.1, 0.15) is 60.4 Å². The van der Waals surface area contributed by atoms with E-state index in [9.17, 15) is 9.59 Å². The summed E-state index contributed by atoms with van der Waals surface area (Å²) in [6, 6.07) is 2.02. The number of fused-ring (bicyclic) bond motifs is 3. The van der Waals surface area contributed by atoms with Crippen molar-refractivity contribution in [3.8, 4) is 0 Å². The average Bonchev–Trinajstić information content (AvgIpc) is 3.38. The van der Waals surface area contributed by atoms with Crippen LogP contribution in [0.25, 0.3) is 10.2 Å². The van der Waals surface area contributed by atoms with Crippen LogP contribution in [0, 0.1) is 6.92 Å². The number of rotatable bonds is 5. The number of nitrogens with one attached hydrogen (secondary N) is 1. The molecule has 8 nitrogen and oxygen atoms in total. The largest absolute Gasteiger partial charge is 0.353 e. The van der Waals surface area contributed by atoms with Gasteiger partial charge in [-0.3, -0.25) is 9.59 Å². The predicted octanol–water partition coefficient (Wildman–Crippen LogP) is 2.98. The van der Waals surface area contributed by atoms with Crippen LogP contribution in [0.15, 0.2) is 10.9 Å². The molecule has 1 aliphatic carbocycles. The minimum Gasteiger partial charge on any atom is -0.353 e. The molecule has 1 saturated heterocycles. The van der Waals surface area contributed by atoms with Gasteiger partial charge in [0.1, 0.15) is 22.3 Å². The van der Waals surface area contributed by atoms with Crippen molar-refractivity contribution in [2.24, 2.45) is 0 Å². The Balaban J connectivity index is 1.20. The number of thiophene rings is 1. The number of aromatic nitrogens is 4. The molecule has 0 spiro atoms. The number of H-pyrrole nitrogens is 1. The van der Waals surface area contributed by atoms with E-state index in [1.165, 1.54) is 10.4 Å². The second-order valence-electron chi connectivity index (χ2n) is 9.30. The van der Waals surface area contributed by atoms with Gasteiger partial charge < -0.3 is 14.8 Å². The van der Waals surface area contributed by atoms with E-state index in [1.807, 2.05) is 17.9 Å². The standard InChI is InChI=1S/C24H30N6O2S/c1-14(2)22-25-15(3)13-19(28-22)29-9-11-30(12-10-29)20(31)8-7-18-26-23(32)21-16-5-4-6-17(16)33-24(21)27-18/h13-14H,4-12H2,1-3H3,(H,26,27,32). The number of aryl methyl sites for hydroxylation is 4. The molecule has 1 N–H and O–H groups in total. The molecule has 0 unspecified atom stereocenters. The maximum absolute atomic E-state index is 12.8. The van der Waals surface area contributed by atoms with E-state index in [4.69, 9.17) is 4.98 Å². The fourth-order valence-corrected chi connectivity index (χ4v) is 6.01. The van der Waals surface area contributed by atoms with Crippen molar-refractivity contribution in [3.05, 3.63) is 44.2 Å². The van der Waals surface area contributed by atoms with Gasteiger partial charge >= 0.3 is 0 Å². The summed E-state index contributed by atoms with van der Waals surface area (Å²) < 4.78 is 0.